The van der Waals surface area contributed by atoms with Gasteiger partial charge in [-0.2, -0.15) is 0 Å². The van der Waals surface area contributed by atoms with Gasteiger partial charge in [0, 0.05) is 0 Å². The first kappa shape index (κ1) is 49.6. The Labute approximate surface area is 322 Å². The molecule has 2 aliphatic rings. The first-order valence-corrected chi connectivity index (χ1v) is 19.3. The molecule has 0 N–H and O–H groups in total. The highest BCUT2D eigenvalue weighted by Gasteiger charge is 2.14. The van der Waals surface area contributed by atoms with E-state index in [2.05, 4.69) is 65.8 Å². The van der Waals surface area contributed by atoms with E-state index >= 15 is 0 Å². The Morgan fingerprint density at radius 2 is 0.547 bits per heavy atom. The summed E-state index contributed by atoms with van der Waals surface area (Å²) in [5, 5.41) is 0. The summed E-state index contributed by atoms with van der Waals surface area (Å²) in [6.45, 7) is 24.0. The van der Waals surface area contributed by atoms with Crippen molar-refractivity contribution in [2.45, 2.75) is 142 Å². The van der Waals surface area contributed by atoms with E-state index in [1.807, 2.05) is 26.0 Å². The van der Waals surface area contributed by atoms with Crippen molar-refractivity contribution in [1.29, 1.82) is 0 Å². The minimum absolute atomic E-state index is 0. The van der Waals surface area contributed by atoms with Crippen LogP contribution in [0.3, 0.4) is 0 Å². The average molecular weight is 737 g/mol. The van der Waals surface area contributed by atoms with Crippen LogP contribution in [0.25, 0.3) is 0 Å². The van der Waals surface area contributed by atoms with Gasteiger partial charge in [0.05, 0.1) is 0 Å². The predicted molar refractivity (Wildman–Crippen MR) is 224 cm³/mol. The van der Waals surface area contributed by atoms with Gasteiger partial charge in [-0.25, -0.2) is 17.6 Å². The van der Waals surface area contributed by atoms with Crippen LogP contribution in [0, 0.1) is 102 Å². The van der Waals surface area contributed by atoms with Gasteiger partial charge in [0.2, 0.25) is 0 Å². The first-order chi connectivity index (χ1) is 24.4. The Bertz CT molecular complexity index is 1420. The molecule has 296 valence electrons. The van der Waals surface area contributed by atoms with Gasteiger partial charge >= 0.3 is 0 Å². The monoisotopic (exact) mass is 737 g/mol. The molecule has 4 heteroatoms. The largest absolute Gasteiger partial charge is 0.207 e. The Morgan fingerprint density at radius 1 is 0.340 bits per heavy atom. The maximum atomic E-state index is 12.6. The molecule has 6 rings (SSSR count). The van der Waals surface area contributed by atoms with E-state index in [9.17, 15) is 17.6 Å². The summed E-state index contributed by atoms with van der Waals surface area (Å²) in [4.78, 5) is 0. The van der Waals surface area contributed by atoms with E-state index < -0.39 is 11.6 Å². The van der Waals surface area contributed by atoms with Crippen LogP contribution in [0.1, 0.15) is 131 Å². The van der Waals surface area contributed by atoms with Gasteiger partial charge in [-0.05, 0) is 125 Å². The standard InChI is InChI=1S/C8H8F2.2C8H9F.2C8H16.C8H10.CH4/c1-5-3-4-6(2)8(10)7(5)9;2*1-6-3-4-7(2)8(9)5-6;3*1-7-3-5-8(2)6-4-7;/h3-4H,1-2H3;2*3-5H,1-2H3;2*7-8H,3-6H2,1-2H3;3-6H,1-2H3;1H4. The molecule has 0 heterocycles. The van der Waals surface area contributed by atoms with Gasteiger partial charge in [0.1, 0.15) is 11.6 Å². The quantitative estimate of drug-likeness (QED) is 0.158. The summed E-state index contributed by atoms with van der Waals surface area (Å²) in [7, 11) is 0. The molecule has 0 unspecified atom stereocenters. The maximum Gasteiger partial charge on any atom is 0.161 e. The van der Waals surface area contributed by atoms with Crippen LogP contribution >= 0.6 is 0 Å². The average Bonchev–Trinajstić information content (AvgIpc) is 3.11. The number of hydrogen-bond donors (Lipinski definition) is 0. The normalized spacial score (nSPS) is 18.6. The van der Waals surface area contributed by atoms with Crippen LogP contribution in [0.15, 0.2) is 72.8 Å². The van der Waals surface area contributed by atoms with Crippen molar-refractivity contribution in [3.63, 3.8) is 0 Å². The predicted octanol–water partition coefficient (Wildman–Crippen LogP) is 16.1. The third-order valence-electron chi connectivity index (χ3n) is 9.95. The highest BCUT2D eigenvalue weighted by molar-refractivity contribution is 5.24. The number of aryl methyl sites for hydroxylation is 8. The smallest absolute Gasteiger partial charge is 0.161 e. The molecule has 53 heavy (non-hydrogen) atoms. The second-order valence-corrected chi connectivity index (χ2v) is 15.7. The Morgan fingerprint density at radius 3 is 0.755 bits per heavy atom. The Kier molecular flexibility index (Phi) is 24.7. The molecule has 0 amide bonds. The lowest BCUT2D eigenvalue weighted by Crippen LogP contribution is -2.08. The lowest BCUT2D eigenvalue weighted by Gasteiger charge is -2.22. The minimum atomic E-state index is -0.736. The molecule has 2 fully saturated rings. The molecule has 0 bridgehead atoms. The highest BCUT2D eigenvalue weighted by Crippen LogP contribution is 2.28. The summed E-state index contributed by atoms with van der Waals surface area (Å²) in [6, 6.07) is 22.0. The van der Waals surface area contributed by atoms with E-state index in [0.717, 1.165) is 34.8 Å². The third-order valence-corrected chi connectivity index (χ3v) is 9.95. The molecule has 0 aromatic heterocycles. The summed E-state index contributed by atoms with van der Waals surface area (Å²) < 4.78 is 50.4. The molecule has 0 aliphatic heterocycles. The van der Waals surface area contributed by atoms with Gasteiger partial charge in [-0.3, -0.25) is 0 Å². The van der Waals surface area contributed by atoms with Gasteiger partial charge in [-0.1, -0.05) is 158 Å². The van der Waals surface area contributed by atoms with Crippen molar-refractivity contribution in [3.05, 3.63) is 141 Å². The van der Waals surface area contributed by atoms with Crippen molar-refractivity contribution < 1.29 is 17.6 Å². The second-order valence-electron chi connectivity index (χ2n) is 15.7. The van der Waals surface area contributed by atoms with Crippen molar-refractivity contribution in [2.75, 3.05) is 0 Å². The SMILES string of the molecule is C.CC1CCC(C)CC1.CC1CCC(C)CC1.Cc1ccc(C)c(F)c1.Cc1ccc(C)c(F)c1.Cc1ccc(C)c(F)c1F.Cc1ccc(C)cc1. The van der Waals surface area contributed by atoms with Crippen molar-refractivity contribution in [3.8, 4) is 0 Å². The van der Waals surface area contributed by atoms with E-state index in [0.29, 0.717) is 22.3 Å². The number of hydrogen-bond acceptors (Lipinski definition) is 0. The molecule has 0 saturated heterocycles. The van der Waals surface area contributed by atoms with Crippen molar-refractivity contribution in [1.82, 2.24) is 0 Å². The van der Waals surface area contributed by atoms with Gasteiger partial charge in [-0.15, -0.1) is 0 Å². The van der Waals surface area contributed by atoms with Crippen molar-refractivity contribution in [2.24, 2.45) is 23.7 Å². The van der Waals surface area contributed by atoms with Crippen LogP contribution in [0.4, 0.5) is 17.6 Å². The van der Waals surface area contributed by atoms with Gasteiger partial charge < -0.3 is 0 Å². The zero-order valence-electron chi connectivity index (χ0n) is 34.4. The minimum Gasteiger partial charge on any atom is -0.207 e. The van der Waals surface area contributed by atoms with Crippen LogP contribution in [-0.4, -0.2) is 0 Å². The molecular weight excluding hydrogens is 665 g/mol. The van der Waals surface area contributed by atoms with Gasteiger partial charge in [0.15, 0.2) is 11.6 Å². The summed E-state index contributed by atoms with van der Waals surface area (Å²) >= 11 is 0. The van der Waals surface area contributed by atoms with Crippen LogP contribution in [0.5, 0.6) is 0 Å². The molecule has 0 spiro atoms. The van der Waals surface area contributed by atoms with E-state index in [-0.39, 0.29) is 19.1 Å². The van der Waals surface area contributed by atoms with Gasteiger partial charge in [0.25, 0.3) is 0 Å². The fourth-order valence-corrected chi connectivity index (χ4v) is 5.63. The maximum absolute atomic E-state index is 12.6. The molecule has 4 aromatic rings. The Balaban J connectivity index is 0.000000611. The fourth-order valence-electron chi connectivity index (χ4n) is 5.63. The zero-order valence-corrected chi connectivity index (χ0v) is 34.4. The molecular formula is C49H72F4. The summed E-state index contributed by atoms with van der Waals surface area (Å²) in [6.07, 6.45) is 11.8. The van der Waals surface area contributed by atoms with Crippen molar-refractivity contribution >= 4 is 0 Å². The molecule has 4 aromatic carbocycles. The lowest BCUT2D eigenvalue weighted by atomic mass is 9.84. The molecule has 0 radical (unpaired) electrons. The fraction of sp³-hybridized carbons (Fsp3) is 0.510. The number of benzene rings is 4. The van der Waals surface area contributed by atoms with E-state index in [1.54, 1.807) is 38.1 Å². The summed E-state index contributed by atoms with van der Waals surface area (Å²) in [5.41, 5.74) is 6.72. The molecule has 0 nitrogen and oxygen atoms in total. The van der Waals surface area contributed by atoms with E-state index in [1.165, 1.54) is 88.5 Å². The van der Waals surface area contributed by atoms with Crippen LogP contribution in [-0.2, 0) is 0 Å². The topological polar surface area (TPSA) is 0 Å². The Hall–Kier alpha value is -3.40. The molecule has 2 saturated carbocycles. The van der Waals surface area contributed by atoms with Crippen LogP contribution < -0.4 is 0 Å². The summed E-state index contributed by atoms with van der Waals surface area (Å²) in [5.74, 6) is 2.37. The first-order valence-electron chi connectivity index (χ1n) is 19.3. The zero-order chi connectivity index (χ0) is 39.4. The van der Waals surface area contributed by atoms with Crippen LogP contribution in [0.2, 0.25) is 0 Å². The lowest BCUT2D eigenvalue weighted by molar-refractivity contribution is 0.308. The second kappa shape index (κ2) is 26.4. The highest BCUT2D eigenvalue weighted by atomic mass is 19.2. The number of halogens is 4. The molecule has 0 atom stereocenters. The van der Waals surface area contributed by atoms with E-state index in [4.69, 9.17) is 0 Å². The number of rotatable bonds is 0. The molecule has 2 aliphatic carbocycles. The third kappa shape index (κ3) is 21.8.